The Morgan fingerprint density at radius 3 is 2.33 bits per heavy atom. The van der Waals surface area contributed by atoms with E-state index in [4.69, 9.17) is 10.9 Å². The van der Waals surface area contributed by atoms with E-state index in [-0.39, 0.29) is 10.5 Å². The summed E-state index contributed by atoms with van der Waals surface area (Å²) in [6.07, 6.45) is 0. The van der Waals surface area contributed by atoms with Gasteiger partial charge in [-0.05, 0) is 24.6 Å². The largest absolute Gasteiger partial charge is 0.366 e. The molecule has 0 fully saturated rings. The first kappa shape index (κ1) is 12.2. The summed E-state index contributed by atoms with van der Waals surface area (Å²) in [5.74, 6) is -0.696. The van der Waals surface area contributed by atoms with Gasteiger partial charge in [0.15, 0.2) is 0 Å². The first-order valence-electron chi connectivity index (χ1n) is 3.86. The standard InChI is InChI=1S/C8H9BrN2O3S/c1-4-6(8(10)12)2-5(3-7(4)9)15(11,13)14/h2-3H,1H3,(H2,10,12)(H2,11,13,14). The summed E-state index contributed by atoms with van der Waals surface area (Å²) in [7, 11) is -3.84. The fraction of sp³-hybridized carbons (Fsp3) is 0.125. The number of carbonyl (C=O) groups is 1. The second-order valence-corrected chi connectivity index (χ2v) is 5.40. The molecule has 0 radical (unpaired) electrons. The van der Waals surface area contributed by atoms with E-state index in [0.29, 0.717) is 10.0 Å². The Balaban J connectivity index is 3.57. The van der Waals surface area contributed by atoms with Gasteiger partial charge in [0, 0.05) is 10.0 Å². The molecule has 7 heteroatoms. The van der Waals surface area contributed by atoms with Crippen LogP contribution in [0.5, 0.6) is 0 Å². The number of sulfonamides is 1. The zero-order chi connectivity index (χ0) is 11.8. The number of benzene rings is 1. The van der Waals surface area contributed by atoms with Crippen LogP contribution in [0.15, 0.2) is 21.5 Å². The van der Waals surface area contributed by atoms with Crippen molar-refractivity contribution in [1.82, 2.24) is 0 Å². The zero-order valence-corrected chi connectivity index (χ0v) is 10.2. The number of amides is 1. The third kappa shape index (κ3) is 2.55. The molecular weight excluding hydrogens is 284 g/mol. The summed E-state index contributed by atoms with van der Waals surface area (Å²) in [5, 5.41) is 4.94. The van der Waals surface area contributed by atoms with Gasteiger partial charge < -0.3 is 5.73 Å². The average molecular weight is 293 g/mol. The minimum absolute atomic E-state index is 0.133. The Morgan fingerprint density at radius 2 is 1.93 bits per heavy atom. The summed E-state index contributed by atoms with van der Waals surface area (Å²) in [4.78, 5) is 10.9. The molecule has 0 atom stereocenters. The minimum Gasteiger partial charge on any atom is -0.366 e. The van der Waals surface area contributed by atoms with Crippen molar-refractivity contribution in [3.63, 3.8) is 0 Å². The fourth-order valence-corrected chi connectivity index (χ4v) is 2.25. The van der Waals surface area contributed by atoms with Gasteiger partial charge in [-0.1, -0.05) is 15.9 Å². The second-order valence-electron chi connectivity index (χ2n) is 2.99. The van der Waals surface area contributed by atoms with Crippen molar-refractivity contribution in [2.45, 2.75) is 11.8 Å². The highest BCUT2D eigenvalue weighted by Crippen LogP contribution is 2.23. The Morgan fingerprint density at radius 1 is 1.40 bits per heavy atom. The number of halogens is 1. The number of rotatable bonds is 2. The van der Waals surface area contributed by atoms with Gasteiger partial charge in [-0.3, -0.25) is 4.79 Å². The van der Waals surface area contributed by atoms with E-state index in [9.17, 15) is 13.2 Å². The highest BCUT2D eigenvalue weighted by atomic mass is 79.9. The molecule has 1 aromatic rings. The van der Waals surface area contributed by atoms with Crippen LogP contribution in [0.1, 0.15) is 15.9 Å². The average Bonchev–Trinajstić information content (AvgIpc) is 2.06. The zero-order valence-electron chi connectivity index (χ0n) is 7.82. The van der Waals surface area contributed by atoms with Crippen molar-refractivity contribution in [3.05, 3.63) is 27.7 Å². The molecule has 0 aliphatic carbocycles. The van der Waals surface area contributed by atoms with Crippen LogP contribution in [0.2, 0.25) is 0 Å². The minimum atomic E-state index is -3.84. The van der Waals surface area contributed by atoms with Gasteiger partial charge in [0.05, 0.1) is 4.90 Å². The van der Waals surface area contributed by atoms with Crippen LogP contribution in [0.3, 0.4) is 0 Å². The Kier molecular flexibility index (Phi) is 3.17. The van der Waals surface area contributed by atoms with E-state index in [2.05, 4.69) is 15.9 Å². The van der Waals surface area contributed by atoms with E-state index in [1.54, 1.807) is 6.92 Å². The van der Waals surface area contributed by atoms with Gasteiger partial charge in [-0.25, -0.2) is 13.6 Å². The second kappa shape index (κ2) is 3.92. The summed E-state index contributed by atoms with van der Waals surface area (Å²) < 4.78 is 22.6. The number of hydrogen-bond donors (Lipinski definition) is 2. The molecule has 82 valence electrons. The Labute approximate surface area is 95.6 Å². The number of hydrogen-bond acceptors (Lipinski definition) is 3. The smallest absolute Gasteiger partial charge is 0.249 e. The normalized spacial score (nSPS) is 11.4. The molecule has 1 rings (SSSR count). The molecule has 1 amide bonds. The van der Waals surface area contributed by atoms with Crippen LogP contribution in [-0.2, 0) is 10.0 Å². The Hall–Kier alpha value is -0.920. The van der Waals surface area contributed by atoms with Gasteiger partial charge >= 0.3 is 0 Å². The molecule has 0 spiro atoms. The summed E-state index contributed by atoms with van der Waals surface area (Å²) in [6.45, 7) is 1.65. The Bertz CT molecular complexity index is 525. The molecule has 0 aliphatic rings. The summed E-state index contributed by atoms with van der Waals surface area (Å²) in [6, 6.07) is 2.49. The van der Waals surface area contributed by atoms with Crippen molar-refractivity contribution in [3.8, 4) is 0 Å². The predicted octanol–water partition coefficient (Wildman–Crippen LogP) is 0.504. The van der Waals surface area contributed by atoms with Crippen LogP contribution in [-0.4, -0.2) is 14.3 Å². The molecule has 0 bridgehead atoms. The van der Waals surface area contributed by atoms with Crippen LogP contribution >= 0.6 is 15.9 Å². The summed E-state index contributed by atoms with van der Waals surface area (Å²) >= 11 is 3.13. The molecule has 0 saturated carbocycles. The van der Waals surface area contributed by atoms with Gasteiger partial charge in [-0.2, -0.15) is 0 Å². The molecule has 4 N–H and O–H groups in total. The first-order chi connectivity index (χ1) is 6.73. The van der Waals surface area contributed by atoms with Gasteiger partial charge in [0.2, 0.25) is 15.9 Å². The number of primary amides is 1. The highest BCUT2D eigenvalue weighted by Gasteiger charge is 2.15. The molecule has 0 heterocycles. The maximum atomic E-state index is 11.1. The first-order valence-corrected chi connectivity index (χ1v) is 6.20. The third-order valence-corrected chi connectivity index (χ3v) is 3.63. The quantitative estimate of drug-likeness (QED) is 0.829. The monoisotopic (exact) mass is 292 g/mol. The van der Waals surface area contributed by atoms with E-state index in [0.717, 1.165) is 6.07 Å². The van der Waals surface area contributed by atoms with Crippen LogP contribution in [0, 0.1) is 6.92 Å². The van der Waals surface area contributed by atoms with Crippen molar-refractivity contribution < 1.29 is 13.2 Å². The third-order valence-electron chi connectivity index (χ3n) is 1.91. The molecule has 0 aromatic heterocycles. The van der Waals surface area contributed by atoms with Crippen molar-refractivity contribution >= 4 is 31.9 Å². The van der Waals surface area contributed by atoms with Gasteiger partial charge in [0.1, 0.15) is 0 Å². The molecular formula is C8H9BrN2O3S. The SMILES string of the molecule is Cc1c(Br)cc(S(N)(=O)=O)cc1C(N)=O. The number of primary sulfonamides is 1. The number of nitrogens with two attached hydrogens (primary N) is 2. The van der Waals surface area contributed by atoms with Gasteiger partial charge in [-0.15, -0.1) is 0 Å². The lowest BCUT2D eigenvalue weighted by molar-refractivity contribution is 0.0999. The topological polar surface area (TPSA) is 103 Å². The molecule has 1 aromatic carbocycles. The van der Waals surface area contributed by atoms with E-state index in [1.165, 1.54) is 6.07 Å². The highest BCUT2D eigenvalue weighted by molar-refractivity contribution is 9.10. The molecule has 0 unspecified atom stereocenters. The van der Waals surface area contributed by atoms with Crippen LogP contribution in [0.4, 0.5) is 0 Å². The molecule has 0 saturated heterocycles. The van der Waals surface area contributed by atoms with Crippen LogP contribution < -0.4 is 10.9 Å². The number of carbonyl (C=O) groups excluding carboxylic acids is 1. The van der Waals surface area contributed by atoms with E-state index >= 15 is 0 Å². The van der Waals surface area contributed by atoms with Crippen LogP contribution in [0.25, 0.3) is 0 Å². The maximum Gasteiger partial charge on any atom is 0.249 e. The lowest BCUT2D eigenvalue weighted by Crippen LogP contribution is -2.17. The lowest BCUT2D eigenvalue weighted by atomic mass is 10.1. The molecule has 15 heavy (non-hydrogen) atoms. The van der Waals surface area contributed by atoms with Crippen molar-refractivity contribution in [2.24, 2.45) is 10.9 Å². The predicted molar refractivity (Wildman–Crippen MR) is 58.8 cm³/mol. The summed E-state index contributed by atoms with van der Waals surface area (Å²) in [5.41, 5.74) is 5.81. The lowest BCUT2D eigenvalue weighted by Gasteiger charge is -2.07. The molecule has 0 aliphatic heterocycles. The van der Waals surface area contributed by atoms with Crippen molar-refractivity contribution in [2.75, 3.05) is 0 Å². The van der Waals surface area contributed by atoms with Gasteiger partial charge in [0.25, 0.3) is 0 Å². The van der Waals surface area contributed by atoms with E-state index in [1.807, 2.05) is 0 Å². The van der Waals surface area contributed by atoms with Crippen molar-refractivity contribution in [1.29, 1.82) is 0 Å². The maximum absolute atomic E-state index is 11.1. The van der Waals surface area contributed by atoms with E-state index < -0.39 is 15.9 Å². The molecule has 5 nitrogen and oxygen atoms in total. The fourth-order valence-electron chi connectivity index (χ4n) is 1.07.